The largest absolute Gasteiger partial charge is 0.361 e. The summed E-state index contributed by atoms with van der Waals surface area (Å²) in [6.45, 7) is 0. The molecule has 2 aromatic carbocycles. The van der Waals surface area contributed by atoms with Crippen LogP contribution in [0.3, 0.4) is 0 Å². The number of benzene rings is 2. The average Bonchev–Trinajstić information content (AvgIpc) is 3.79. The molecule has 0 radical (unpaired) electrons. The maximum atomic E-state index is 5.67. The fraction of sp³-hybridized carbons (Fsp3) is 0.377. The lowest BCUT2D eigenvalue weighted by Crippen LogP contribution is -2.41. The standard InChI is InChI=1S/C53H55N3/c1-4-15-36(16-5-1)39-21-14-22-43(31-39)55-49-25-12-11-24-45(49)47-32-40(28-30-51(47)55)41-27-29-46-44-23-10-13-26-50(44)56(52(46)34-41)53-35-42(37-17-6-2-7-18-37)33-48(54-53)38-19-8-3-9-20-38/h1-2,4-8,12,14-15,17-22,25,27,29,32,34-36,43-45,48-50H,3,9-11,13,16,23-24,26,28,30-31,33H2. The number of dihydropyridines is 1. The predicted octanol–water partition coefficient (Wildman–Crippen LogP) is 12.5. The van der Waals surface area contributed by atoms with Gasteiger partial charge in [-0.2, -0.15) is 0 Å². The maximum Gasteiger partial charge on any atom is 0.129 e. The van der Waals surface area contributed by atoms with Crippen LogP contribution in [0.5, 0.6) is 0 Å². The third-order valence-corrected chi connectivity index (χ3v) is 14.5. The van der Waals surface area contributed by atoms with E-state index in [2.05, 4.69) is 143 Å². The van der Waals surface area contributed by atoms with Gasteiger partial charge in [0.2, 0.25) is 0 Å². The Labute approximate surface area is 334 Å². The summed E-state index contributed by atoms with van der Waals surface area (Å²) >= 11 is 0. The van der Waals surface area contributed by atoms with Crippen LogP contribution in [-0.4, -0.2) is 34.9 Å². The second kappa shape index (κ2) is 14.6. The zero-order chi connectivity index (χ0) is 37.0. The van der Waals surface area contributed by atoms with Gasteiger partial charge in [-0.1, -0.05) is 140 Å². The van der Waals surface area contributed by atoms with E-state index in [4.69, 9.17) is 4.99 Å². The summed E-state index contributed by atoms with van der Waals surface area (Å²) in [5, 5.41) is 0. The molecule has 0 N–H and O–H groups in total. The van der Waals surface area contributed by atoms with Gasteiger partial charge in [0.1, 0.15) is 5.84 Å². The van der Waals surface area contributed by atoms with Crippen LogP contribution in [0.4, 0.5) is 5.69 Å². The number of rotatable bonds is 5. The Bertz CT molecular complexity index is 2250. The molecule has 1 saturated carbocycles. The lowest BCUT2D eigenvalue weighted by atomic mass is 9.81. The first kappa shape index (κ1) is 34.4. The Kier molecular flexibility index (Phi) is 8.93. The number of aliphatic imine (C=N–C) groups is 1. The normalized spacial score (nSPS) is 31.6. The molecule has 3 nitrogen and oxygen atoms in total. The third kappa shape index (κ3) is 6.05. The number of nitrogens with zero attached hydrogens (tertiary/aromatic N) is 3. The van der Waals surface area contributed by atoms with Crippen molar-refractivity contribution in [2.45, 2.75) is 114 Å². The Morgan fingerprint density at radius 2 is 1.66 bits per heavy atom. The lowest BCUT2D eigenvalue weighted by Gasteiger charge is -2.39. The fourth-order valence-corrected chi connectivity index (χ4v) is 11.9. The summed E-state index contributed by atoms with van der Waals surface area (Å²) in [5.41, 5.74) is 14.9. The molecule has 3 heteroatoms. The fourth-order valence-electron chi connectivity index (χ4n) is 11.9. The third-order valence-electron chi connectivity index (χ3n) is 14.5. The van der Waals surface area contributed by atoms with Gasteiger partial charge < -0.3 is 9.80 Å². The van der Waals surface area contributed by atoms with Crippen molar-refractivity contribution < 1.29 is 0 Å². The van der Waals surface area contributed by atoms with Gasteiger partial charge in [0, 0.05) is 35.2 Å². The maximum absolute atomic E-state index is 5.67. The Hall–Kier alpha value is -4.89. The van der Waals surface area contributed by atoms with Crippen LogP contribution in [0.25, 0.3) is 11.1 Å². The molecule has 11 rings (SSSR count). The monoisotopic (exact) mass is 733 g/mol. The van der Waals surface area contributed by atoms with Crippen molar-refractivity contribution in [3.8, 4) is 0 Å². The first-order valence-corrected chi connectivity index (χ1v) is 22.0. The van der Waals surface area contributed by atoms with Gasteiger partial charge in [-0.3, -0.25) is 4.99 Å². The molecule has 0 saturated heterocycles. The smallest absolute Gasteiger partial charge is 0.129 e. The van der Waals surface area contributed by atoms with Gasteiger partial charge in [-0.25, -0.2) is 0 Å². The number of amidine groups is 1. The summed E-state index contributed by atoms with van der Waals surface area (Å²) in [7, 11) is 0. The van der Waals surface area contributed by atoms with Gasteiger partial charge in [0.05, 0.1) is 18.1 Å². The van der Waals surface area contributed by atoms with Crippen LogP contribution in [0.15, 0.2) is 161 Å². The van der Waals surface area contributed by atoms with Crippen LogP contribution in [0.2, 0.25) is 0 Å². The molecule has 9 aliphatic rings. The first-order valence-electron chi connectivity index (χ1n) is 22.0. The number of fused-ring (bicyclic) bond motifs is 5. The van der Waals surface area contributed by atoms with Crippen LogP contribution in [0, 0.1) is 11.8 Å². The van der Waals surface area contributed by atoms with E-state index < -0.39 is 0 Å². The molecular weight excluding hydrogens is 679 g/mol. The van der Waals surface area contributed by atoms with Gasteiger partial charge in [0.25, 0.3) is 0 Å². The quantitative estimate of drug-likeness (QED) is 0.285. The van der Waals surface area contributed by atoms with Crippen LogP contribution in [0.1, 0.15) is 106 Å². The SMILES string of the molecule is C1=CCC(C2=CC=CC(N3C4=C(C=C(c5ccc6c(c5)N(C5=NC(C7=CCCC=C7)CC(c7ccccc7)=C5)C5CCCCC65)CC4)C4CCC=CC43)C2)C=C1. The van der Waals surface area contributed by atoms with E-state index in [-0.39, 0.29) is 6.04 Å². The number of allylic oxidation sites excluding steroid dienone is 12. The molecule has 0 aromatic heterocycles. The highest BCUT2D eigenvalue weighted by Gasteiger charge is 2.45. The van der Waals surface area contributed by atoms with E-state index in [0.717, 1.165) is 44.9 Å². The Balaban J connectivity index is 0.955. The number of anilines is 1. The van der Waals surface area contributed by atoms with Crippen LogP contribution < -0.4 is 4.90 Å². The van der Waals surface area contributed by atoms with Crippen molar-refractivity contribution in [2.24, 2.45) is 16.8 Å². The molecule has 0 amide bonds. The lowest BCUT2D eigenvalue weighted by molar-refractivity contribution is 0.220. The van der Waals surface area contributed by atoms with E-state index in [1.54, 1.807) is 22.4 Å². The topological polar surface area (TPSA) is 18.8 Å². The van der Waals surface area contributed by atoms with Crippen LogP contribution in [-0.2, 0) is 0 Å². The van der Waals surface area contributed by atoms with Gasteiger partial charge >= 0.3 is 0 Å². The minimum absolute atomic E-state index is 0.159. The summed E-state index contributed by atoms with van der Waals surface area (Å²) in [6, 6.07) is 20.2. The van der Waals surface area contributed by atoms with E-state index in [9.17, 15) is 0 Å². The molecule has 0 spiro atoms. The highest BCUT2D eigenvalue weighted by atomic mass is 15.3. The predicted molar refractivity (Wildman–Crippen MR) is 234 cm³/mol. The molecule has 2 aromatic rings. The molecule has 3 heterocycles. The Morgan fingerprint density at radius 3 is 2.55 bits per heavy atom. The van der Waals surface area contributed by atoms with Crippen molar-refractivity contribution in [2.75, 3.05) is 4.90 Å². The van der Waals surface area contributed by atoms with E-state index >= 15 is 0 Å². The molecule has 0 bridgehead atoms. The summed E-state index contributed by atoms with van der Waals surface area (Å²) in [4.78, 5) is 11.2. The first-order chi connectivity index (χ1) is 27.8. The van der Waals surface area contributed by atoms with Crippen molar-refractivity contribution in [1.82, 2.24) is 4.90 Å². The molecule has 282 valence electrons. The zero-order valence-electron chi connectivity index (χ0n) is 32.8. The number of hydrogen-bond donors (Lipinski definition) is 0. The van der Waals surface area contributed by atoms with Crippen molar-refractivity contribution in [1.29, 1.82) is 0 Å². The van der Waals surface area contributed by atoms with Crippen molar-refractivity contribution in [3.63, 3.8) is 0 Å². The van der Waals surface area contributed by atoms with Crippen molar-refractivity contribution >= 4 is 22.7 Å². The average molecular weight is 734 g/mol. The molecule has 3 aliphatic heterocycles. The highest BCUT2D eigenvalue weighted by molar-refractivity contribution is 6.12. The molecule has 7 atom stereocenters. The summed E-state index contributed by atoms with van der Waals surface area (Å²) in [6.07, 6.45) is 49.0. The molecule has 1 fully saturated rings. The van der Waals surface area contributed by atoms with Gasteiger partial charge in [-0.05, 0) is 122 Å². The van der Waals surface area contributed by atoms with Gasteiger partial charge in [-0.15, -0.1) is 0 Å². The van der Waals surface area contributed by atoms with Gasteiger partial charge in [0.15, 0.2) is 0 Å². The molecule has 6 aliphatic carbocycles. The molecular formula is C53H55N3. The van der Waals surface area contributed by atoms with E-state index in [0.29, 0.717) is 35.9 Å². The number of hydrogen-bond acceptors (Lipinski definition) is 3. The minimum atomic E-state index is 0.159. The summed E-state index contributed by atoms with van der Waals surface area (Å²) in [5.74, 6) is 2.87. The van der Waals surface area contributed by atoms with E-state index in [1.807, 2.05) is 0 Å². The minimum Gasteiger partial charge on any atom is -0.361 e. The van der Waals surface area contributed by atoms with E-state index in [1.165, 1.54) is 77.9 Å². The second-order valence-electron chi connectivity index (χ2n) is 17.7. The highest BCUT2D eigenvalue weighted by Crippen LogP contribution is 2.52. The van der Waals surface area contributed by atoms with Crippen molar-refractivity contribution in [3.05, 3.63) is 173 Å². The molecule has 7 unspecified atom stereocenters. The summed E-state index contributed by atoms with van der Waals surface area (Å²) < 4.78 is 0. The van der Waals surface area contributed by atoms with Crippen LogP contribution >= 0.6 is 0 Å². The zero-order valence-corrected chi connectivity index (χ0v) is 32.8. The second-order valence-corrected chi connectivity index (χ2v) is 17.7. The molecule has 56 heavy (non-hydrogen) atoms. The Morgan fingerprint density at radius 1 is 0.714 bits per heavy atom.